The number of carbonyl (C=O) groups excluding carboxylic acids is 1. The summed E-state index contributed by atoms with van der Waals surface area (Å²) in [7, 11) is 0. The molecule has 15 heavy (non-hydrogen) atoms. The van der Waals surface area contributed by atoms with Gasteiger partial charge in [0.25, 0.3) is 0 Å². The Kier molecular flexibility index (Phi) is 2.02. The fourth-order valence-corrected chi connectivity index (χ4v) is 2.55. The van der Waals surface area contributed by atoms with Gasteiger partial charge in [-0.25, -0.2) is 9.97 Å². The maximum Gasteiger partial charge on any atom is 0.171 e. The zero-order chi connectivity index (χ0) is 10.3. The number of carbonyl (C=O) groups is 1. The lowest BCUT2D eigenvalue weighted by molar-refractivity contribution is 0.0743. The van der Waals surface area contributed by atoms with Crippen molar-refractivity contribution in [3.8, 4) is 0 Å². The Balaban J connectivity index is 1.81. The van der Waals surface area contributed by atoms with Crippen LogP contribution in [0.3, 0.4) is 0 Å². The first-order valence-electron chi connectivity index (χ1n) is 5.29. The first-order chi connectivity index (χ1) is 7.34. The molecule has 0 radical (unpaired) electrons. The molecule has 2 bridgehead atoms. The topological polar surface area (TPSA) is 52.1 Å². The molecule has 4 heteroatoms. The number of ether oxygens (including phenoxy) is 1. The summed E-state index contributed by atoms with van der Waals surface area (Å²) >= 11 is 0. The Labute approximate surface area is 87.7 Å². The van der Waals surface area contributed by atoms with Crippen molar-refractivity contribution in [3.63, 3.8) is 0 Å². The number of rotatable bonds is 2. The number of hydrogen-bond acceptors (Lipinski definition) is 4. The molecule has 0 N–H and O–H groups in total. The highest BCUT2D eigenvalue weighted by molar-refractivity contribution is 5.97. The molecular formula is C11H12N2O2. The van der Waals surface area contributed by atoms with Crippen LogP contribution in [0.4, 0.5) is 0 Å². The lowest BCUT2D eigenvalue weighted by Gasteiger charge is -2.16. The number of fused-ring (bicyclic) bond motifs is 2. The lowest BCUT2D eigenvalue weighted by Crippen LogP contribution is -2.25. The van der Waals surface area contributed by atoms with E-state index in [0.717, 1.165) is 19.3 Å². The fourth-order valence-electron chi connectivity index (χ4n) is 2.55. The second-order valence-corrected chi connectivity index (χ2v) is 4.21. The summed E-state index contributed by atoms with van der Waals surface area (Å²) in [6, 6.07) is 0. The Bertz CT molecular complexity index is 379. The minimum absolute atomic E-state index is 0.0368. The Morgan fingerprint density at radius 2 is 2.13 bits per heavy atom. The van der Waals surface area contributed by atoms with Crippen molar-refractivity contribution in [1.82, 2.24) is 9.97 Å². The summed E-state index contributed by atoms with van der Waals surface area (Å²) in [5, 5.41) is 0. The molecule has 78 valence electrons. The van der Waals surface area contributed by atoms with Crippen molar-refractivity contribution in [2.45, 2.75) is 31.5 Å². The van der Waals surface area contributed by atoms with E-state index in [4.69, 9.17) is 4.74 Å². The fraction of sp³-hybridized carbons (Fsp3) is 0.545. The van der Waals surface area contributed by atoms with Crippen LogP contribution < -0.4 is 0 Å². The summed E-state index contributed by atoms with van der Waals surface area (Å²) in [4.78, 5) is 19.8. The van der Waals surface area contributed by atoms with Crippen LogP contribution >= 0.6 is 0 Å². The molecule has 0 amide bonds. The number of aromatic nitrogens is 2. The number of nitrogens with zero attached hydrogens (tertiary/aromatic N) is 2. The largest absolute Gasteiger partial charge is 0.374 e. The normalized spacial score (nSPS) is 33.2. The van der Waals surface area contributed by atoms with Gasteiger partial charge in [0, 0.05) is 12.4 Å². The molecule has 2 fully saturated rings. The number of Topliss-reactive ketones (excluding diaryl/α,β-unsaturated/α-hetero) is 1. The van der Waals surface area contributed by atoms with Crippen LogP contribution in [0.25, 0.3) is 0 Å². The molecule has 2 aliphatic rings. The van der Waals surface area contributed by atoms with E-state index < -0.39 is 0 Å². The van der Waals surface area contributed by atoms with Gasteiger partial charge in [-0.2, -0.15) is 0 Å². The quantitative estimate of drug-likeness (QED) is 0.680. The summed E-state index contributed by atoms with van der Waals surface area (Å²) < 4.78 is 5.67. The minimum Gasteiger partial charge on any atom is -0.374 e. The van der Waals surface area contributed by atoms with E-state index in [2.05, 4.69) is 9.97 Å². The van der Waals surface area contributed by atoms with E-state index in [1.807, 2.05) is 0 Å². The van der Waals surface area contributed by atoms with Crippen LogP contribution in [0, 0.1) is 5.92 Å². The second-order valence-electron chi connectivity index (χ2n) is 4.21. The van der Waals surface area contributed by atoms with Gasteiger partial charge >= 0.3 is 0 Å². The molecule has 0 aromatic carbocycles. The Morgan fingerprint density at radius 3 is 2.73 bits per heavy atom. The van der Waals surface area contributed by atoms with Gasteiger partial charge in [-0.05, 0) is 19.3 Å². The van der Waals surface area contributed by atoms with Crippen LogP contribution in [0.1, 0.15) is 29.6 Å². The highest BCUT2D eigenvalue weighted by Gasteiger charge is 2.44. The highest BCUT2D eigenvalue weighted by atomic mass is 16.5. The highest BCUT2D eigenvalue weighted by Crippen LogP contribution is 2.40. The van der Waals surface area contributed by atoms with Crippen molar-refractivity contribution >= 4 is 5.78 Å². The minimum atomic E-state index is 0.0368. The molecule has 0 saturated carbocycles. The van der Waals surface area contributed by atoms with Crippen LogP contribution in [0.2, 0.25) is 0 Å². The van der Waals surface area contributed by atoms with Gasteiger partial charge in [0.1, 0.15) is 6.33 Å². The Hall–Kier alpha value is -1.29. The van der Waals surface area contributed by atoms with Gasteiger partial charge in [-0.1, -0.05) is 0 Å². The molecule has 1 aromatic heterocycles. The summed E-state index contributed by atoms with van der Waals surface area (Å²) in [6.07, 6.45) is 8.07. The molecule has 3 heterocycles. The van der Waals surface area contributed by atoms with Gasteiger partial charge in [0.05, 0.1) is 23.7 Å². The molecule has 4 nitrogen and oxygen atoms in total. The van der Waals surface area contributed by atoms with Crippen molar-refractivity contribution in [2.75, 3.05) is 0 Å². The maximum atomic E-state index is 12.1. The standard InChI is InChI=1S/C11H12N2O2/c14-11(7-4-12-6-13-5-7)9-3-8-1-2-10(9)15-8/h4-6,8-10H,1-3H2. The average molecular weight is 204 g/mol. The molecule has 0 aliphatic carbocycles. The molecule has 3 unspecified atom stereocenters. The lowest BCUT2D eigenvalue weighted by atomic mass is 9.84. The van der Waals surface area contributed by atoms with E-state index in [1.54, 1.807) is 12.4 Å². The van der Waals surface area contributed by atoms with E-state index >= 15 is 0 Å². The molecule has 1 aromatic rings. The third kappa shape index (κ3) is 1.45. The van der Waals surface area contributed by atoms with Crippen LogP contribution in [0.5, 0.6) is 0 Å². The number of hydrogen-bond donors (Lipinski definition) is 0. The average Bonchev–Trinajstić information content (AvgIpc) is 2.91. The molecule has 2 saturated heterocycles. The second kappa shape index (κ2) is 3.38. The third-order valence-corrected chi connectivity index (χ3v) is 3.29. The monoisotopic (exact) mass is 204 g/mol. The van der Waals surface area contributed by atoms with E-state index in [9.17, 15) is 4.79 Å². The van der Waals surface area contributed by atoms with Crippen molar-refractivity contribution in [3.05, 3.63) is 24.3 Å². The zero-order valence-corrected chi connectivity index (χ0v) is 8.30. The zero-order valence-electron chi connectivity index (χ0n) is 8.30. The van der Waals surface area contributed by atoms with Gasteiger partial charge in [-0.3, -0.25) is 4.79 Å². The molecular weight excluding hydrogens is 192 g/mol. The van der Waals surface area contributed by atoms with Crippen LogP contribution in [0.15, 0.2) is 18.7 Å². The van der Waals surface area contributed by atoms with E-state index in [1.165, 1.54) is 6.33 Å². The van der Waals surface area contributed by atoms with Crippen molar-refractivity contribution in [1.29, 1.82) is 0 Å². The third-order valence-electron chi connectivity index (χ3n) is 3.29. The first-order valence-corrected chi connectivity index (χ1v) is 5.29. The van der Waals surface area contributed by atoms with Gasteiger partial charge in [0.15, 0.2) is 5.78 Å². The summed E-state index contributed by atoms with van der Waals surface area (Å²) in [5.74, 6) is 0.178. The Morgan fingerprint density at radius 1 is 1.33 bits per heavy atom. The molecule has 2 aliphatic heterocycles. The summed E-state index contributed by atoms with van der Waals surface area (Å²) in [6.45, 7) is 0. The van der Waals surface area contributed by atoms with Gasteiger partial charge in [-0.15, -0.1) is 0 Å². The van der Waals surface area contributed by atoms with Crippen molar-refractivity contribution < 1.29 is 9.53 Å². The maximum absolute atomic E-state index is 12.1. The molecule has 3 atom stereocenters. The van der Waals surface area contributed by atoms with Gasteiger partial charge in [0.2, 0.25) is 0 Å². The van der Waals surface area contributed by atoms with Crippen LogP contribution in [-0.4, -0.2) is 28.0 Å². The van der Waals surface area contributed by atoms with Crippen LogP contribution in [-0.2, 0) is 4.74 Å². The smallest absolute Gasteiger partial charge is 0.171 e. The van der Waals surface area contributed by atoms with Gasteiger partial charge < -0.3 is 4.74 Å². The van der Waals surface area contributed by atoms with Crippen molar-refractivity contribution in [2.24, 2.45) is 5.92 Å². The predicted octanol–water partition coefficient (Wildman–Crippen LogP) is 1.23. The number of ketones is 1. The predicted molar refractivity (Wildman–Crippen MR) is 52.4 cm³/mol. The first kappa shape index (κ1) is 8.97. The summed E-state index contributed by atoms with van der Waals surface area (Å²) in [5.41, 5.74) is 0.610. The molecule has 3 rings (SSSR count). The SMILES string of the molecule is O=C(c1cncnc1)C1CC2CCC1O2. The van der Waals surface area contributed by atoms with E-state index in [-0.39, 0.29) is 17.8 Å². The molecule has 0 spiro atoms. The van der Waals surface area contributed by atoms with E-state index in [0.29, 0.717) is 11.7 Å².